The van der Waals surface area contributed by atoms with Crippen LogP contribution in [-0.4, -0.2) is 12.4 Å². The normalized spacial score (nSPS) is 11.1. The van der Waals surface area contributed by atoms with E-state index in [1.807, 2.05) is 36.4 Å². The third kappa shape index (κ3) is 7.65. The number of aliphatic imine (C=N–C) groups is 2. The zero-order valence-corrected chi connectivity index (χ0v) is 18.4. The molecule has 1 aromatic heterocycles. The van der Waals surface area contributed by atoms with Gasteiger partial charge in [-0.1, -0.05) is 38.1 Å². The Bertz CT molecular complexity index is 816. The molecule has 3 rings (SSSR count). The number of hydrogen-bond acceptors (Lipinski definition) is 3. The van der Waals surface area contributed by atoms with Crippen molar-refractivity contribution in [3.63, 3.8) is 0 Å². The molecule has 0 amide bonds. The Labute approximate surface area is 181 Å². The Morgan fingerprint density at radius 3 is 1.39 bits per heavy atom. The van der Waals surface area contributed by atoms with Crippen molar-refractivity contribution in [1.29, 1.82) is 0 Å². The van der Waals surface area contributed by atoms with Crippen LogP contribution >= 0.6 is 20.2 Å². The summed E-state index contributed by atoms with van der Waals surface area (Å²) in [6.45, 7) is 4.28. The van der Waals surface area contributed by atoms with Crippen molar-refractivity contribution < 1.29 is 17.6 Å². The summed E-state index contributed by atoms with van der Waals surface area (Å²) in [6.07, 6.45) is 5.53. The van der Waals surface area contributed by atoms with E-state index in [9.17, 15) is 0 Å². The molecule has 0 N–H and O–H groups in total. The average Bonchev–Trinajstić information content (AvgIpc) is 3.20. The van der Waals surface area contributed by atoms with Gasteiger partial charge in [-0.25, -0.2) is 0 Å². The molecule has 3 nitrogen and oxygen atoms in total. The van der Waals surface area contributed by atoms with Crippen LogP contribution in [0.1, 0.15) is 36.5 Å². The second-order valence-electron chi connectivity index (χ2n) is 5.85. The van der Waals surface area contributed by atoms with Crippen LogP contribution in [0.15, 0.2) is 75.1 Å². The van der Waals surface area contributed by atoms with Gasteiger partial charge in [0.2, 0.25) is 0 Å². The second kappa shape index (κ2) is 12.6. The number of halogens is 2. The number of hydrogen-bond donors (Lipinski definition) is 0. The number of benzene rings is 2. The van der Waals surface area contributed by atoms with Crippen molar-refractivity contribution in [2.45, 2.75) is 26.7 Å². The van der Waals surface area contributed by atoms with Gasteiger partial charge in [0.1, 0.15) is 11.5 Å². The van der Waals surface area contributed by atoms with Crippen LogP contribution < -0.4 is 0 Å². The zero-order chi connectivity index (χ0) is 20.2. The Balaban J connectivity index is 0.000000878. The third-order valence-electron chi connectivity index (χ3n) is 4.02. The van der Waals surface area contributed by atoms with Gasteiger partial charge in [0, 0.05) is 0 Å². The molecular weight excluding hydrogens is 435 g/mol. The molecule has 0 atom stereocenters. The topological polar surface area (TPSA) is 37.9 Å². The van der Waals surface area contributed by atoms with E-state index in [0.717, 1.165) is 24.2 Å². The standard InChI is InChI=1S/C22H22N2O.2ClH.Fe/c1-3-17-5-9-19(10-6-17)23-15-21-13-14-22(25-21)16-24-20-11-7-18(4-2)8-12-20;;;/h5-16H,3-4H2,1-2H3;2*1H;/q;;;+2/p-2. The molecule has 28 heavy (non-hydrogen) atoms. The molecule has 0 aliphatic heterocycles. The number of nitrogens with zero attached hydrogens (tertiary/aromatic N) is 2. The van der Waals surface area contributed by atoms with Crippen molar-refractivity contribution in [3.8, 4) is 0 Å². The van der Waals surface area contributed by atoms with Gasteiger partial charge in [0.25, 0.3) is 0 Å². The average molecular weight is 457 g/mol. The van der Waals surface area contributed by atoms with E-state index in [1.165, 1.54) is 11.1 Å². The first kappa shape index (κ1) is 22.4. The molecule has 0 bridgehead atoms. The molecule has 2 aromatic carbocycles. The van der Waals surface area contributed by atoms with E-state index in [-0.39, 0.29) is 13.1 Å². The summed E-state index contributed by atoms with van der Waals surface area (Å²) >= 11 is 0.194. The van der Waals surface area contributed by atoms with Crippen LogP contribution in [0, 0.1) is 0 Å². The van der Waals surface area contributed by atoms with Crippen LogP contribution in [0.5, 0.6) is 0 Å². The van der Waals surface area contributed by atoms with Crippen LogP contribution in [0.2, 0.25) is 0 Å². The molecule has 0 aliphatic rings. The SMILES string of the molecule is CCc1ccc(N=Cc2ccc(C=Nc3ccc(CC)cc3)o2)cc1.[Cl][Fe][Cl]. The number of furan rings is 1. The van der Waals surface area contributed by atoms with Gasteiger partial charge >= 0.3 is 33.3 Å². The van der Waals surface area contributed by atoms with E-state index in [2.05, 4.69) is 48.1 Å². The van der Waals surface area contributed by atoms with Crippen LogP contribution in [-0.2, 0) is 26.0 Å². The summed E-state index contributed by atoms with van der Waals surface area (Å²) in [5, 5.41) is 0. The molecule has 0 radical (unpaired) electrons. The molecule has 1 heterocycles. The van der Waals surface area contributed by atoms with Crippen molar-refractivity contribution >= 4 is 44.0 Å². The van der Waals surface area contributed by atoms with Gasteiger partial charge in [0.15, 0.2) is 0 Å². The van der Waals surface area contributed by atoms with Gasteiger partial charge in [-0.2, -0.15) is 0 Å². The summed E-state index contributed by atoms with van der Waals surface area (Å²) in [5.74, 6) is 1.42. The fraction of sp³-hybridized carbons (Fsp3) is 0.182. The second-order valence-corrected chi connectivity index (χ2v) is 7.67. The zero-order valence-electron chi connectivity index (χ0n) is 15.8. The molecule has 0 saturated heterocycles. The Morgan fingerprint density at radius 1 is 0.714 bits per heavy atom. The first-order valence-electron chi connectivity index (χ1n) is 8.89. The van der Waals surface area contributed by atoms with Gasteiger partial charge in [-0.3, -0.25) is 9.98 Å². The van der Waals surface area contributed by atoms with E-state index >= 15 is 0 Å². The minimum absolute atomic E-state index is 0.194. The molecular formula is C22H22Cl2FeN2O. The molecule has 0 aliphatic carbocycles. The number of rotatable bonds is 6. The van der Waals surface area contributed by atoms with Crippen LogP contribution in [0.4, 0.5) is 11.4 Å². The van der Waals surface area contributed by atoms with Crippen molar-refractivity contribution in [2.75, 3.05) is 0 Å². The van der Waals surface area contributed by atoms with Gasteiger partial charge < -0.3 is 4.42 Å². The Hall–Kier alpha value is -1.84. The fourth-order valence-electron chi connectivity index (χ4n) is 2.42. The third-order valence-corrected chi connectivity index (χ3v) is 4.02. The molecule has 3 aromatic rings. The summed E-state index contributed by atoms with van der Waals surface area (Å²) in [4.78, 5) is 8.88. The molecule has 0 unspecified atom stereocenters. The fourth-order valence-corrected chi connectivity index (χ4v) is 2.42. The maximum atomic E-state index is 5.72. The molecule has 6 heteroatoms. The predicted molar refractivity (Wildman–Crippen MR) is 117 cm³/mol. The summed E-state index contributed by atoms with van der Waals surface area (Å²) in [5.41, 5.74) is 4.45. The quantitative estimate of drug-likeness (QED) is 0.283. The minimum atomic E-state index is 0.194. The van der Waals surface area contributed by atoms with Crippen molar-refractivity contribution in [3.05, 3.63) is 83.3 Å². The van der Waals surface area contributed by atoms with Crippen LogP contribution in [0.25, 0.3) is 0 Å². The summed E-state index contributed by atoms with van der Waals surface area (Å²) in [6, 6.07) is 20.2. The summed E-state index contributed by atoms with van der Waals surface area (Å²) in [7, 11) is 9.53. The van der Waals surface area contributed by atoms with Gasteiger partial charge in [-0.15, -0.1) is 0 Å². The Morgan fingerprint density at radius 2 is 1.07 bits per heavy atom. The van der Waals surface area contributed by atoms with E-state index in [0.29, 0.717) is 11.5 Å². The van der Waals surface area contributed by atoms with E-state index in [1.54, 1.807) is 12.4 Å². The Kier molecular flexibility index (Phi) is 10.1. The van der Waals surface area contributed by atoms with E-state index < -0.39 is 0 Å². The maximum absolute atomic E-state index is 5.72. The van der Waals surface area contributed by atoms with Gasteiger partial charge in [-0.05, 0) is 60.4 Å². The first-order valence-corrected chi connectivity index (χ1v) is 11.9. The van der Waals surface area contributed by atoms with Crippen molar-refractivity contribution in [1.82, 2.24) is 0 Å². The summed E-state index contributed by atoms with van der Waals surface area (Å²) < 4.78 is 5.72. The predicted octanol–water partition coefficient (Wildman–Crippen LogP) is 7.28. The molecule has 0 spiro atoms. The number of aryl methyl sites for hydroxylation is 2. The van der Waals surface area contributed by atoms with Gasteiger partial charge in [0.05, 0.1) is 23.8 Å². The molecule has 0 saturated carbocycles. The van der Waals surface area contributed by atoms with E-state index in [4.69, 9.17) is 24.6 Å². The monoisotopic (exact) mass is 456 g/mol. The first-order chi connectivity index (χ1) is 13.7. The molecule has 148 valence electrons. The van der Waals surface area contributed by atoms with Crippen LogP contribution in [0.3, 0.4) is 0 Å². The van der Waals surface area contributed by atoms with Crippen molar-refractivity contribution in [2.24, 2.45) is 9.98 Å². The molecule has 0 fully saturated rings.